The summed E-state index contributed by atoms with van der Waals surface area (Å²) in [5, 5.41) is 5.72. The number of thiazole rings is 1. The van der Waals surface area contributed by atoms with E-state index in [9.17, 15) is 13.2 Å². The van der Waals surface area contributed by atoms with Gasteiger partial charge in [0.2, 0.25) is 0 Å². The summed E-state index contributed by atoms with van der Waals surface area (Å²) in [6.45, 7) is 0.181. The first kappa shape index (κ1) is 20.0. The van der Waals surface area contributed by atoms with Gasteiger partial charge in [0.05, 0.1) is 23.6 Å². The van der Waals surface area contributed by atoms with Gasteiger partial charge in [-0.2, -0.15) is 0 Å². The van der Waals surface area contributed by atoms with Crippen molar-refractivity contribution in [3.05, 3.63) is 71.2 Å². The van der Waals surface area contributed by atoms with E-state index in [1.54, 1.807) is 18.2 Å². The van der Waals surface area contributed by atoms with Crippen LogP contribution in [0.25, 0.3) is 0 Å². The minimum atomic E-state index is -3.58. The first-order valence-corrected chi connectivity index (χ1v) is 11.5. The van der Waals surface area contributed by atoms with Crippen LogP contribution >= 0.6 is 11.3 Å². The molecule has 0 radical (unpaired) electrons. The molecule has 0 spiro atoms. The minimum Gasteiger partial charge on any atom is -0.459 e. The van der Waals surface area contributed by atoms with Gasteiger partial charge in [-0.25, -0.2) is 13.4 Å². The molecule has 2 heterocycles. The normalized spacial score (nSPS) is 15.4. The van der Waals surface area contributed by atoms with Crippen LogP contribution in [-0.2, 0) is 26.2 Å². The number of carbonyl (C=O) groups excluding carboxylic acids is 1. The number of hydrogen-bond acceptors (Lipinski definition) is 8. The van der Waals surface area contributed by atoms with Gasteiger partial charge >= 0.3 is 5.97 Å². The highest BCUT2D eigenvalue weighted by Gasteiger charge is 2.29. The highest BCUT2D eigenvalue weighted by molar-refractivity contribution is 7.90. The molecule has 154 valence electrons. The van der Waals surface area contributed by atoms with Crippen molar-refractivity contribution in [3.63, 3.8) is 0 Å². The lowest BCUT2D eigenvalue weighted by Gasteiger charge is -2.03. The van der Waals surface area contributed by atoms with Gasteiger partial charge in [0, 0.05) is 16.6 Å². The molecule has 8 nitrogen and oxygen atoms in total. The van der Waals surface area contributed by atoms with Gasteiger partial charge < -0.3 is 10.1 Å². The molecule has 0 aliphatic carbocycles. The van der Waals surface area contributed by atoms with Crippen LogP contribution in [0.4, 0.5) is 10.8 Å². The maximum absolute atomic E-state index is 12.0. The predicted molar refractivity (Wildman–Crippen MR) is 114 cm³/mol. The molecule has 10 heteroatoms. The Morgan fingerprint density at radius 3 is 2.73 bits per heavy atom. The van der Waals surface area contributed by atoms with E-state index < -0.39 is 16.0 Å². The summed E-state index contributed by atoms with van der Waals surface area (Å²) in [6.07, 6.45) is 0.0344. The molecule has 3 aromatic rings. The number of hydrogen-bond donors (Lipinski definition) is 2. The fraction of sp³-hybridized carbons (Fsp3) is 0.150. The van der Waals surface area contributed by atoms with Crippen molar-refractivity contribution >= 4 is 44.0 Å². The van der Waals surface area contributed by atoms with Crippen molar-refractivity contribution < 1.29 is 17.9 Å². The van der Waals surface area contributed by atoms with Crippen LogP contribution in [0.15, 0.2) is 69.9 Å². The van der Waals surface area contributed by atoms with Crippen LogP contribution in [0.1, 0.15) is 17.7 Å². The Kier molecular flexibility index (Phi) is 5.77. The zero-order valence-electron chi connectivity index (χ0n) is 15.7. The van der Waals surface area contributed by atoms with Crippen LogP contribution in [0, 0.1) is 0 Å². The number of nitrogens with one attached hydrogen (secondary N) is 2. The third kappa shape index (κ3) is 4.66. The highest BCUT2D eigenvalue weighted by Crippen LogP contribution is 2.22. The van der Waals surface area contributed by atoms with E-state index in [0.717, 1.165) is 5.69 Å². The van der Waals surface area contributed by atoms with Crippen molar-refractivity contribution in [2.45, 2.75) is 17.9 Å². The largest absolute Gasteiger partial charge is 0.459 e. The Balaban J connectivity index is 1.27. The first-order valence-electron chi connectivity index (χ1n) is 9.10. The number of rotatable bonds is 7. The van der Waals surface area contributed by atoms with Crippen molar-refractivity contribution in [1.29, 1.82) is 0 Å². The Hall–Kier alpha value is -3.24. The number of fused-ring (bicyclic) bond motifs is 1. The molecular formula is C20H18N4O4S2. The van der Waals surface area contributed by atoms with Gasteiger partial charge in [0.25, 0.3) is 10.0 Å². The molecule has 1 aliphatic rings. The second-order valence-electron chi connectivity index (χ2n) is 6.38. The van der Waals surface area contributed by atoms with Gasteiger partial charge in [-0.3, -0.25) is 14.5 Å². The summed E-state index contributed by atoms with van der Waals surface area (Å²) in [5.41, 5.74) is 2.08. The molecule has 0 amide bonds. The summed E-state index contributed by atoms with van der Waals surface area (Å²) < 4.78 is 31.7. The number of para-hydroxylation sites is 1. The number of aromatic nitrogens is 1. The van der Waals surface area contributed by atoms with Crippen LogP contribution in [0.3, 0.4) is 0 Å². The maximum Gasteiger partial charge on any atom is 0.308 e. The molecule has 30 heavy (non-hydrogen) atoms. The van der Waals surface area contributed by atoms with Crippen LogP contribution in [0.5, 0.6) is 0 Å². The van der Waals surface area contributed by atoms with Gasteiger partial charge in [-0.1, -0.05) is 30.3 Å². The van der Waals surface area contributed by atoms with E-state index in [1.165, 1.54) is 17.4 Å². The molecular weight excluding hydrogens is 424 g/mol. The first-order chi connectivity index (χ1) is 14.5. The maximum atomic E-state index is 12.0. The van der Waals surface area contributed by atoms with Gasteiger partial charge in [0.15, 0.2) is 5.13 Å². The summed E-state index contributed by atoms with van der Waals surface area (Å²) in [4.78, 5) is 20.8. The fourth-order valence-corrected chi connectivity index (χ4v) is 4.78. The van der Waals surface area contributed by atoms with Gasteiger partial charge in [-0.15, -0.1) is 11.3 Å². The molecule has 1 aromatic heterocycles. The lowest BCUT2D eigenvalue weighted by atomic mass is 10.2. The Labute approximate surface area is 177 Å². The number of carbonyl (C=O) groups is 1. The fourth-order valence-electron chi connectivity index (χ4n) is 2.81. The number of amidine groups is 1. The Morgan fingerprint density at radius 2 is 1.90 bits per heavy atom. The predicted octanol–water partition coefficient (Wildman–Crippen LogP) is 3.06. The number of anilines is 2. The second kappa shape index (κ2) is 8.64. The second-order valence-corrected chi connectivity index (χ2v) is 8.89. The number of nitrogens with zero attached hydrogens (tertiary/aromatic N) is 2. The van der Waals surface area contributed by atoms with Crippen molar-refractivity contribution in [3.8, 4) is 0 Å². The molecule has 0 saturated carbocycles. The van der Waals surface area contributed by atoms with E-state index in [2.05, 4.69) is 20.0 Å². The number of sulfonamides is 1. The quantitative estimate of drug-likeness (QED) is 0.544. The van der Waals surface area contributed by atoms with Crippen LogP contribution in [0.2, 0.25) is 0 Å². The topological polar surface area (TPSA) is 110 Å². The van der Waals surface area contributed by atoms with Gasteiger partial charge in [-0.05, 0) is 24.3 Å². The monoisotopic (exact) mass is 442 g/mol. The van der Waals surface area contributed by atoms with Crippen LogP contribution in [-0.4, -0.2) is 31.8 Å². The molecule has 2 N–H and O–H groups in total. The smallest absolute Gasteiger partial charge is 0.308 e. The molecule has 0 fully saturated rings. The highest BCUT2D eigenvalue weighted by atomic mass is 32.2. The standard InChI is InChI=1S/C20H18N4O4S2/c25-18(10-11-21-19-16-8-4-5-9-17(16)30(26,27)24-19)28-12-15-13-29-20(23-15)22-14-6-2-1-3-7-14/h1-9,13H,10-12H2,(H,21,24)(H,22,23). The third-order valence-electron chi connectivity index (χ3n) is 4.21. The van der Waals surface area contributed by atoms with E-state index in [1.807, 2.05) is 35.7 Å². The summed E-state index contributed by atoms with van der Waals surface area (Å²) in [5.74, 6) is -0.186. The molecule has 0 atom stereocenters. The molecule has 0 bridgehead atoms. The van der Waals surface area contributed by atoms with E-state index >= 15 is 0 Å². The number of esters is 1. The van der Waals surface area contributed by atoms with E-state index in [-0.39, 0.29) is 30.3 Å². The lowest BCUT2D eigenvalue weighted by Crippen LogP contribution is -2.22. The summed E-state index contributed by atoms with van der Waals surface area (Å²) >= 11 is 1.42. The minimum absolute atomic E-state index is 0.0344. The van der Waals surface area contributed by atoms with Crippen LogP contribution < -0.4 is 10.0 Å². The zero-order chi connectivity index (χ0) is 21.0. The van der Waals surface area contributed by atoms with E-state index in [4.69, 9.17) is 4.74 Å². The summed E-state index contributed by atoms with van der Waals surface area (Å²) in [6, 6.07) is 16.2. The van der Waals surface area contributed by atoms with Gasteiger partial charge in [0.1, 0.15) is 12.4 Å². The van der Waals surface area contributed by atoms with Crippen molar-refractivity contribution in [2.75, 3.05) is 11.9 Å². The number of aliphatic imine (C=N–C) groups is 1. The molecule has 1 aliphatic heterocycles. The Morgan fingerprint density at radius 1 is 1.13 bits per heavy atom. The summed E-state index contributed by atoms with van der Waals surface area (Å²) in [7, 11) is -3.58. The average Bonchev–Trinajstić information content (AvgIpc) is 3.29. The van der Waals surface area contributed by atoms with Crippen molar-refractivity contribution in [2.24, 2.45) is 4.99 Å². The number of ether oxygens (including phenoxy) is 1. The molecule has 4 rings (SSSR count). The average molecular weight is 443 g/mol. The lowest BCUT2D eigenvalue weighted by molar-refractivity contribution is -0.144. The third-order valence-corrected chi connectivity index (χ3v) is 6.41. The molecule has 0 unspecified atom stereocenters. The van der Waals surface area contributed by atoms with Crippen molar-refractivity contribution in [1.82, 2.24) is 9.71 Å². The number of benzene rings is 2. The van der Waals surface area contributed by atoms with E-state index in [0.29, 0.717) is 16.4 Å². The zero-order valence-corrected chi connectivity index (χ0v) is 17.4. The SMILES string of the molecule is O=C(CCN=C1NS(=O)(=O)c2ccccc21)OCc1csc(Nc2ccccc2)n1. The molecule has 0 saturated heterocycles. The molecule has 2 aromatic carbocycles. The Bertz CT molecular complexity index is 1190.